The molecule has 0 heterocycles. The van der Waals surface area contributed by atoms with Gasteiger partial charge in [-0.05, 0) is 17.7 Å². The SMILES string of the molecule is O=C(C[C@@H](NCCNCc1ccccc1)C(=O)O)Nc1ccccc1. The molecule has 25 heavy (non-hydrogen) atoms. The highest BCUT2D eigenvalue weighted by Gasteiger charge is 2.20. The van der Waals surface area contributed by atoms with Crippen LogP contribution in [0.5, 0.6) is 0 Å². The number of carbonyl (C=O) groups excluding carboxylic acids is 1. The lowest BCUT2D eigenvalue weighted by atomic mass is 10.2. The largest absolute Gasteiger partial charge is 0.480 e. The Morgan fingerprint density at radius 3 is 2.20 bits per heavy atom. The van der Waals surface area contributed by atoms with Gasteiger partial charge in [-0.2, -0.15) is 0 Å². The second-order valence-electron chi connectivity index (χ2n) is 5.63. The number of anilines is 1. The number of carboxylic acid groups (broad SMARTS) is 1. The van der Waals surface area contributed by atoms with Gasteiger partial charge in [-0.25, -0.2) is 0 Å². The van der Waals surface area contributed by atoms with Gasteiger partial charge in [-0.1, -0.05) is 48.5 Å². The summed E-state index contributed by atoms with van der Waals surface area (Å²) in [6.07, 6.45) is -0.122. The van der Waals surface area contributed by atoms with Crippen LogP contribution < -0.4 is 16.0 Å². The molecule has 2 aromatic carbocycles. The fraction of sp³-hybridized carbons (Fsp3) is 0.263. The van der Waals surface area contributed by atoms with Gasteiger partial charge in [0.2, 0.25) is 5.91 Å². The highest BCUT2D eigenvalue weighted by atomic mass is 16.4. The summed E-state index contributed by atoms with van der Waals surface area (Å²) in [5.41, 5.74) is 1.82. The van der Waals surface area contributed by atoms with E-state index in [4.69, 9.17) is 0 Å². The van der Waals surface area contributed by atoms with Crippen LogP contribution in [0, 0.1) is 0 Å². The minimum Gasteiger partial charge on any atom is -0.480 e. The lowest BCUT2D eigenvalue weighted by Gasteiger charge is -2.15. The van der Waals surface area contributed by atoms with Crippen LogP contribution in [0.4, 0.5) is 5.69 Å². The third kappa shape index (κ3) is 7.15. The van der Waals surface area contributed by atoms with E-state index in [1.165, 1.54) is 5.56 Å². The third-order valence-corrected chi connectivity index (χ3v) is 3.61. The van der Waals surface area contributed by atoms with Crippen LogP contribution in [0.25, 0.3) is 0 Å². The predicted octanol–water partition coefficient (Wildman–Crippen LogP) is 1.85. The maximum Gasteiger partial charge on any atom is 0.321 e. The Hall–Kier alpha value is -2.70. The van der Waals surface area contributed by atoms with Gasteiger partial charge in [0.15, 0.2) is 0 Å². The van der Waals surface area contributed by atoms with Crippen molar-refractivity contribution in [3.63, 3.8) is 0 Å². The number of nitrogens with one attached hydrogen (secondary N) is 3. The van der Waals surface area contributed by atoms with Crippen molar-refractivity contribution < 1.29 is 14.7 Å². The number of carbonyl (C=O) groups is 2. The Bertz CT molecular complexity index is 662. The zero-order chi connectivity index (χ0) is 17.9. The number of hydrogen-bond acceptors (Lipinski definition) is 4. The van der Waals surface area contributed by atoms with Crippen LogP contribution in [-0.4, -0.2) is 36.1 Å². The molecule has 0 spiro atoms. The Kier molecular flexibility index (Phi) is 7.62. The molecule has 6 nitrogen and oxygen atoms in total. The molecule has 4 N–H and O–H groups in total. The zero-order valence-electron chi connectivity index (χ0n) is 13.9. The summed E-state index contributed by atoms with van der Waals surface area (Å²) in [6.45, 7) is 1.79. The molecule has 0 fully saturated rings. The Morgan fingerprint density at radius 1 is 0.920 bits per heavy atom. The molecule has 2 rings (SSSR count). The number of para-hydroxylation sites is 1. The van der Waals surface area contributed by atoms with Crippen molar-refractivity contribution in [2.24, 2.45) is 0 Å². The molecule has 132 valence electrons. The van der Waals surface area contributed by atoms with Gasteiger partial charge in [0.05, 0.1) is 6.42 Å². The zero-order valence-corrected chi connectivity index (χ0v) is 13.9. The van der Waals surface area contributed by atoms with Gasteiger partial charge in [0.1, 0.15) is 6.04 Å². The molecule has 0 aliphatic heterocycles. The lowest BCUT2D eigenvalue weighted by Crippen LogP contribution is -2.42. The summed E-state index contributed by atoms with van der Waals surface area (Å²) in [5, 5.41) is 18.1. The van der Waals surface area contributed by atoms with E-state index in [2.05, 4.69) is 16.0 Å². The number of carboxylic acids is 1. The topological polar surface area (TPSA) is 90.5 Å². The molecule has 0 saturated heterocycles. The first-order valence-electron chi connectivity index (χ1n) is 8.21. The molecular weight excluding hydrogens is 318 g/mol. The normalized spacial score (nSPS) is 11.7. The summed E-state index contributed by atoms with van der Waals surface area (Å²) in [7, 11) is 0. The maximum absolute atomic E-state index is 12.0. The van der Waals surface area contributed by atoms with Crippen LogP contribution in [0.2, 0.25) is 0 Å². The van der Waals surface area contributed by atoms with Gasteiger partial charge in [-0.3, -0.25) is 9.59 Å². The molecule has 2 aromatic rings. The molecule has 1 amide bonds. The predicted molar refractivity (Wildman–Crippen MR) is 97.3 cm³/mol. The van der Waals surface area contributed by atoms with Gasteiger partial charge in [0.25, 0.3) is 0 Å². The average Bonchev–Trinajstić information content (AvgIpc) is 2.62. The molecule has 0 saturated carbocycles. The summed E-state index contributed by atoms with van der Waals surface area (Å²) in [5.74, 6) is -1.37. The fourth-order valence-electron chi connectivity index (χ4n) is 2.33. The van der Waals surface area contributed by atoms with E-state index >= 15 is 0 Å². The van der Waals surface area contributed by atoms with Gasteiger partial charge < -0.3 is 21.1 Å². The van der Waals surface area contributed by atoms with Crippen molar-refractivity contribution in [2.45, 2.75) is 19.0 Å². The molecule has 0 aliphatic rings. The molecule has 0 bridgehead atoms. The van der Waals surface area contributed by atoms with Crippen molar-refractivity contribution in [3.8, 4) is 0 Å². The average molecular weight is 341 g/mol. The third-order valence-electron chi connectivity index (χ3n) is 3.61. The van der Waals surface area contributed by atoms with Crippen molar-refractivity contribution in [1.29, 1.82) is 0 Å². The van der Waals surface area contributed by atoms with Crippen molar-refractivity contribution in [1.82, 2.24) is 10.6 Å². The summed E-state index contributed by atoms with van der Waals surface area (Å²) < 4.78 is 0. The number of hydrogen-bond donors (Lipinski definition) is 4. The van der Waals surface area contributed by atoms with Crippen LogP contribution in [0.15, 0.2) is 60.7 Å². The first kappa shape index (κ1) is 18.6. The van der Waals surface area contributed by atoms with Crippen LogP contribution in [0.1, 0.15) is 12.0 Å². The van der Waals surface area contributed by atoms with Crippen molar-refractivity contribution in [2.75, 3.05) is 18.4 Å². The van der Waals surface area contributed by atoms with E-state index in [0.29, 0.717) is 18.8 Å². The van der Waals surface area contributed by atoms with Crippen molar-refractivity contribution >= 4 is 17.6 Å². The van der Waals surface area contributed by atoms with Crippen LogP contribution in [0.3, 0.4) is 0 Å². The smallest absolute Gasteiger partial charge is 0.321 e. The van der Waals surface area contributed by atoms with Crippen LogP contribution in [-0.2, 0) is 16.1 Å². The van der Waals surface area contributed by atoms with E-state index in [0.717, 1.165) is 6.54 Å². The lowest BCUT2D eigenvalue weighted by molar-refractivity contribution is -0.141. The molecular formula is C19H23N3O3. The minimum atomic E-state index is -1.04. The molecule has 0 aliphatic carbocycles. The van der Waals surface area contributed by atoms with E-state index in [9.17, 15) is 14.7 Å². The van der Waals surface area contributed by atoms with E-state index in [1.807, 2.05) is 36.4 Å². The second-order valence-corrected chi connectivity index (χ2v) is 5.63. The Balaban J connectivity index is 1.69. The van der Waals surface area contributed by atoms with E-state index < -0.39 is 12.0 Å². The fourth-order valence-corrected chi connectivity index (χ4v) is 2.33. The molecule has 0 radical (unpaired) electrons. The standard InChI is InChI=1S/C19H23N3O3/c23-18(22-16-9-5-2-6-10-16)13-17(19(24)25)21-12-11-20-14-15-7-3-1-4-8-15/h1-10,17,20-21H,11-14H2,(H,22,23)(H,24,25)/t17-/m1/s1. The summed E-state index contributed by atoms with van der Waals surface area (Å²) >= 11 is 0. The Morgan fingerprint density at radius 2 is 1.56 bits per heavy atom. The number of aliphatic carboxylic acids is 1. The van der Waals surface area contributed by atoms with Gasteiger partial charge in [-0.15, -0.1) is 0 Å². The monoisotopic (exact) mass is 341 g/mol. The molecule has 0 aromatic heterocycles. The van der Waals surface area contributed by atoms with Gasteiger partial charge >= 0.3 is 5.97 Å². The molecule has 1 atom stereocenters. The Labute approximate surface area is 147 Å². The second kappa shape index (κ2) is 10.2. The first-order valence-corrected chi connectivity index (χ1v) is 8.21. The molecule has 6 heteroatoms. The quantitative estimate of drug-likeness (QED) is 0.495. The van der Waals surface area contributed by atoms with E-state index in [1.54, 1.807) is 24.3 Å². The minimum absolute atomic E-state index is 0.122. The highest BCUT2D eigenvalue weighted by Crippen LogP contribution is 2.06. The maximum atomic E-state index is 12.0. The van der Waals surface area contributed by atoms with Gasteiger partial charge in [0, 0.05) is 25.3 Å². The number of amides is 1. The highest BCUT2D eigenvalue weighted by molar-refractivity contribution is 5.93. The summed E-state index contributed by atoms with van der Waals surface area (Å²) in [6, 6.07) is 18.0. The van der Waals surface area contributed by atoms with Crippen molar-refractivity contribution in [3.05, 3.63) is 66.2 Å². The number of benzene rings is 2. The molecule has 0 unspecified atom stereocenters. The number of rotatable bonds is 10. The van der Waals surface area contributed by atoms with E-state index in [-0.39, 0.29) is 12.3 Å². The first-order chi connectivity index (χ1) is 12.1. The van der Waals surface area contributed by atoms with Crippen LogP contribution >= 0.6 is 0 Å². The summed E-state index contributed by atoms with van der Waals surface area (Å²) in [4.78, 5) is 23.3.